The molecule has 0 aliphatic heterocycles. The molecule has 4 rings (SSSR count). The number of aliphatic hydroxyl groups is 1. The van der Waals surface area contributed by atoms with Crippen LogP contribution in [0.1, 0.15) is 17.5 Å². The van der Waals surface area contributed by atoms with Crippen LogP contribution in [0.4, 0.5) is 10.9 Å². The summed E-state index contributed by atoms with van der Waals surface area (Å²) in [5.74, 6) is -0.707. The van der Waals surface area contributed by atoms with Crippen molar-refractivity contribution in [3.8, 4) is 33.5 Å². The van der Waals surface area contributed by atoms with Crippen LogP contribution >= 0.6 is 11.3 Å². The lowest BCUT2D eigenvalue weighted by Gasteiger charge is -2.17. The number of amides is 2. The SMILES string of the molecule is COCCOc1c(-c2c(OC)cccc2OCCO)cc(C(=O)Nc2nnc(-n3nccc3NC(C)=O)s2)oc1=O. The van der Waals surface area contributed by atoms with Gasteiger partial charge >= 0.3 is 5.63 Å². The molecule has 0 fully saturated rings. The van der Waals surface area contributed by atoms with Gasteiger partial charge in [-0.1, -0.05) is 17.4 Å². The van der Waals surface area contributed by atoms with E-state index in [4.69, 9.17) is 23.4 Å². The number of benzene rings is 1. The van der Waals surface area contributed by atoms with Gasteiger partial charge in [-0.15, -0.1) is 10.2 Å². The lowest BCUT2D eigenvalue weighted by Crippen LogP contribution is -2.18. The first kappa shape index (κ1) is 29.2. The number of ether oxygens (including phenoxy) is 4. The van der Waals surface area contributed by atoms with E-state index in [9.17, 15) is 19.5 Å². The highest BCUT2D eigenvalue weighted by atomic mass is 32.1. The molecule has 4 aromatic rings. The molecule has 0 spiro atoms. The summed E-state index contributed by atoms with van der Waals surface area (Å²) in [5.41, 5.74) is -0.472. The molecule has 16 heteroatoms. The van der Waals surface area contributed by atoms with Gasteiger partial charge in [0, 0.05) is 25.7 Å². The summed E-state index contributed by atoms with van der Waals surface area (Å²) >= 11 is 0.967. The number of hydrogen-bond donors (Lipinski definition) is 3. The van der Waals surface area contributed by atoms with Crippen molar-refractivity contribution in [2.24, 2.45) is 0 Å². The number of methoxy groups -OCH3 is 2. The quantitative estimate of drug-likeness (QED) is 0.193. The molecule has 2 amide bonds. The fourth-order valence-corrected chi connectivity index (χ4v) is 4.32. The summed E-state index contributed by atoms with van der Waals surface area (Å²) in [6.45, 7) is 1.26. The Bertz CT molecular complexity index is 1580. The first-order valence-electron chi connectivity index (χ1n) is 12.0. The number of nitrogens with one attached hydrogen (secondary N) is 2. The minimum absolute atomic E-state index is 0.0171. The second-order valence-electron chi connectivity index (χ2n) is 8.04. The molecule has 0 radical (unpaired) electrons. The molecule has 0 unspecified atom stereocenters. The third-order valence-electron chi connectivity index (χ3n) is 5.25. The zero-order valence-electron chi connectivity index (χ0n) is 22.2. The molecule has 0 saturated carbocycles. The third kappa shape index (κ3) is 6.86. The van der Waals surface area contributed by atoms with Crippen molar-refractivity contribution < 1.29 is 38.1 Å². The summed E-state index contributed by atoms with van der Waals surface area (Å²) in [6, 6.07) is 7.82. The highest BCUT2D eigenvalue weighted by molar-refractivity contribution is 7.17. The van der Waals surface area contributed by atoms with E-state index in [1.165, 1.54) is 38.1 Å². The molecular formula is C25H26N6O9S. The second kappa shape index (κ2) is 13.5. The fourth-order valence-electron chi connectivity index (χ4n) is 3.61. The van der Waals surface area contributed by atoms with Gasteiger partial charge in [-0.25, -0.2) is 4.79 Å². The predicted molar refractivity (Wildman–Crippen MR) is 146 cm³/mol. The Morgan fingerprint density at radius 2 is 1.88 bits per heavy atom. The largest absolute Gasteiger partial charge is 0.496 e. The van der Waals surface area contributed by atoms with E-state index in [2.05, 4.69) is 25.9 Å². The van der Waals surface area contributed by atoms with Gasteiger partial charge in [0.15, 0.2) is 5.76 Å². The monoisotopic (exact) mass is 586 g/mol. The third-order valence-corrected chi connectivity index (χ3v) is 6.07. The molecule has 3 aromatic heterocycles. The van der Waals surface area contributed by atoms with Crippen molar-refractivity contribution in [1.82, 2.24) is 20.0 Å². The average molecular weight is 587 g/mol. The fraction of sp³-hybridized carbons (Fsp3) is 0.280. The van der Waals surface area contributed by atoms with E-state index in [-0.39, 0.29) is 65.4 Å². The first-order chi connectivity index (χ1) is 19.9. The van der Waals surface area contributed by atoms with Crippen molar-refractivity contribution in [2.45, 2.75) is 6.92 Å². The number of anilines is 2. The zero-order valence-corrected chi connectivity index (χ0v) is 23.0. The predicted octanol–water partition coefficient (Wildman–Crippen LogP) is 1.96. The maximum Gasteiger partial charge on any atom is 0.379 e. The van der Waals surface area contributed by atoms with Gasteiger partial charge < -0.3 is 33.8 Å². The Labute approximate surface area is 236 Å². The Morgan fingerprint density at radius 1 is 1.07 bits per heavy atom. The molecule has 0 atom stereocenters. The lowest BCUT2D eigenvalue weighted by atomic mass is 10.0. The molecule has 1 aromatic carbocycles. The smallest absolute Gasteiger partial charge is 0.379 e. The van der Waals surface area contributed by atoms with Gasteiger partial charge in [-0.2, -0.15) is 9.78 Å². The van der Waals surface area contributed by atoms with Crippen LogP contribution in [0.3, 0.4) is 0 Å². The van der Waals surface area contributed by atoms with Crippen molar-refractivity contribution >= 4 is 34.1 Å². The van der Waals surface area contributed by atoms with E-state index < -0.39 is 11.5 Å². The highest BCUT2D eigenvalue weighted by Gasteiger charge is 2.25. The van der Waals surface area contributed by atoms with Crippen molar-refractivity contribution in [3.63, 3.8) is 0 Å². The molecule has 0 bridgehead atoms. The van der Waals surface area contributed by atoms with Crippen molar-refractivity contribution in [1.29, 1.82) is 0 Å². The number of carbonyl (C=O) groups excluding carboxylic acids is 2. The Morgan fingerprint density at radius 3 is 2.61 bits per heavy atom. The molecule has 3 N–H and O–H groups in total. The number of aliphatic hydroxyl groups excluding tert-OH is 1. The topological polar surface area (TPSA) is 189 Å². The van der Waals surface area contributed by atoms with E-state index in [0.717, 1.165) is 11.3 Å². The summed E-state index contributed by atoms with van der Waals surface area (Å²) in [6.07, 6.45) is 1.47. The summed E-state index contributed by atoms with van der Waals surface area (Å²) < 4.78 is 28.5. The van der Waals surface area contributed by atoms with Gasteiger partial charge in [-0.3, -0.25) is 14.9 Å². The van der Waals surface area contributed by atoms with Crippen LogP contribution in [0.15, 0.2) is 45.7 Å². The number of aromatic nitrogens is 4. The molecule has 41 heavy (non-hydrogen) atoms. The average Bonchev–Trinajstić information content (AvgIpc) is 3.61. The summed E-state index contributed by atoms with van der Waals surface area (Å²) in [7, 11) is 2.91. The molecule has 0 aliphatic carbocycles. The van der Waals surface area contributed by atoms with E-state index in [0.29, 0.717) is 17.1 Å². The van der Waals surface area contributed by atoms with Gasteiger partial charge in [0.25, 0.3) is 5.91 Å². The highest BCUT2D eigenvalue weighted by Crippen LogP contribution is 2.42. The normalized spacial score (nSPS) is 10.7. The van der Waals surface area contributed by atoms with Gasteiger partial charge in [0.1, 0.15) is 30.5 Å². The summed E-state index contributed by atoms with van der Waals surface area (Å²) in [4.78, 5) is 37.7. The zero-order chi connectivity index (χ0) is 29.4. The molecule has 0 saturated heterocycles. The molecule has 15 nitrogen and oxygen atoms in total. The molecular weight excluding hydrogens is 560 g/mol. The van der Waals surface area contributed by atoms with Gasteiger partial charge in [0.2, 0.25) is 21.9 Å². The second-order valence-corrected chi connectivity index (χ2v) is 9.00. The summed E-state index contributed by atoms with van der Waals surface area (Å²) in [5, 5.41) is 26.8. The molecule has 3 heterocycles. The number of rotatable bonds is 13. The number of carbonyl (C=O) groups is 2. The molecule has 216 valence electrons. The van der Waals surface area contributed by atoms with Crippen LogP contribution < -0.4 is 30.5 Å². The first-order valence-corrected chi connectivity index (χ1v) is 12.9. The van der Waals surface area contributed by atoms with E-state index in [1.807, 2.05) is 0 Å². The maximum atomic E-state index is 13.2. The van der Waals surface area contributed by atoms with Crippen LogP contribution in [-0.2, 0) is 9.53 Å². The van der Waals surface area contributed by atoms with Crippen LogP contribution in [0, 0.1) is 0 Å². The van der Waals surface area contributed by atoms with Crippen molar-refractivity contribution in [3.05, 3.63) is 52.7 Å². The standard InChI is InChI=1S/C25H26N6O9S/c1-14(33)27-19-7-8-26-31(19)25-30-29-24(41-25)28-22(34)18-13-15(21(23(35)40-18)39-12-11-36-2)20-16(37-3)5-4-6-17(20)38-10-9-32/h4-8,13,32H,9-12H2,1-3H3,(H,27,33)(H,28,29,34). The minimum Gasteiger partial charge on any atom is -0.496 e. The van der Waals surface area contributed by atoms with Gasteiger partial charge in [0.05, 0.1) is 32.1 Å². The maximum absolute atomic E-state index is 13.2. The Hall–Kier alpha value is -4.80. The Balaban J connectivity index is 1.71. The Kier molecular flexibility index (Phi) is 9.62. The van der Waals surface area contributed by atoms with Crippen LogP contribution in [0.2, 0.25) is 0 Å². The minimum atomic E-state index is -0.933. The number of nitrogens with zero attached hydrogens (tertiary/aromatic N) is 4. The van der Waals surface area contributed by atoms with Crippen LogP contribution in [-0.4, -0.2) is 77.5 Å². The lowest BCUT2D eigenvalue weighted by molar-refractivity contribution is -0.114. The van der Waals surface area contributed by atoms with Crippen LogP contribution in [0.5, 0.6) is 17.2 Å². The van der Waals surface area contributed by atoms with Crippen LogP contribution in [0.25, 0.3) is 16.3 Å². The van der Waals surface area contributed by atoms with E-state index in [1.54, 1.807) is 24.3 Å². The number of hydrogen-bond acceptors (Lipinski definition) is 13. The molecule has 0 aliphatic rings. The van der Waals surface area contributed by atoms with Crippen molar-refractivity contribution in [2.75, 3.05) is 51.3 Å². The van der Waals surface area contributed by atoms with Gasteiger partial charge in [-0.05, 0) is 18.2 Å². The van der Waals surface area contributed by atoms with E-state index >= 15 is 0 Å².